The first kappa shape index (κ1) is 17.3. The van der Waals surface area contributed by atoms with Crippen LogP contribution in [0.1, 0.15) is 5.69 Å². The third kappa shape index (κ3) is 4.36. The average molecular weight is 366 g/mol. The summed E-state index contributed by atoms with van der Waals surface area (Å²) in [7, 11) is -0.700. The highest BCUT2D eigenvalue weighted by atomic mass is 31.1. The van der Waals surface area contributed by atoms with Crippen LogP contribution in [0.25, 0.3) is 0 Å². The van der Waals surface area contributed by atoms with Gasteiger partial charge in [0.25, 0.3) is 0 Å². The second-order valence-electron chi connectivity index (χ2n) is 6.02. The number of nitrogens with zero attached hydrogens (tertiary/aromatic N) is 2. The second-order valence-corrected chi connectivity index (χ2v) is 8.18. The summed E-state index contributed by atoms with van der Waals surface area (Å²) in [6.45, 7) is 0. The van der Waals surface area contributed by atoms with Crippen molar-refractivity contribution in [3.05, 3.63) is 115 Å². The van der Waals surface area contributed by atoms with E-state index in [9.17, 15) is 0 Å². The van der Waals surface area contributed by atoms with Gasteiger partial charge in [-0.3, -0.25) is 4.99 Å². The Kier molecular flexibility index (Phi) is 5.47. The number of benzene rings is 3. The number of pyridine rings is 1. The van der Waals surface area contributed by atoms with Gasteiger partial charge in [-0.05, 0) is 34.9 Å². The lowest BCUT2D eigenvalue weighted by Gasteiger charge is -2.18. The lowest BCUT2D eigenvalue weighted by molar-refractivity contribution is 1.35. The highest BCUT2D eigenvalue weighted by molar-refractivity contribution is 7.79. The molecule has 3 heteroatoms. The summed E-state index contributed by atoms with van der Waals surface area (Å²) in [5.41, 5.74) is 2.88. The van der Waals surface area contributed by atoms with E-state index >= 15 is 0 Å². The Balaban J connectivity index is 1.72. The third-order valence-corrected chi connectivity index (χ3v) is 6.45. The molecule has 2 nitrogen and oxygen atoms in total. The van der Waals surface area contributed by atoms with Gasteiger partial charge < -0.3 is 0 Å². The van der Waals surface area contributed by atoms with Gasteiger partial charge in [0.15, 0.2) is 0 Å². The zero-order chi connectivity index (χ0) is 18.3. The number of hydrogen-bond acceptors (Lipinski definition) is 2. The maximum Gasteiger partial charge on any atom is 0.0820 e. The maximum atomic E-state index is 4.92. The topological polar surface area (TPSA) is 25.2 Å². The molecular weight excluding hydrogens is 347 g/mol. The molecule has 4 rings (SSSR count). The van der Waals surface area contributed by atoms with Crippen LogP contribution in [0.5, 0.6) is 0 Å². The molecular formula is C24H19N2P. The van der Waals surface area contributed by atoms with Crippen LogP contribution < -0.4 is 16.0 Å². The largest absolute Gasteiger partial charge is 0.255 e. The van der Waals surface area contributed by atoms with E-state index in [0.717, 1.165) is 16.8 Å². The van der Waals surface area contributed by atoms with Gasteiger partial charge >= 0.3 is 0 Å². The summed E-state index contributed by atoms with van der Waals surface area (Å²) < 4.78 is 0. The first-order valence-corrected chi connectivity index (χ1v) is 10.2. The van der Waals surface area contributed by atoms with Crippen molar-refractivity contribution in [3.63, 3.8) is 0 Å². The molecule has 0 fully saturated rings. The van der Waals surface area contributed by atoms with E-state index in [0.29, 0.717) is 0 Å². The molecule has 0 aliphatic carbocycles. The van der Waals surface area contributed by atoms with Crippen LogP contribution in [0.4, 0.5) is 5.69 Å². The first-order chi connectivity index (χ1) is 13.4. The predicted octanol–water partition coefficient (Wildman–Crippen LogP) is 4.59. The highest BCUT2D eigenvalue weighted by Crippen LogP contribution is 2.31. The quantitative estimate of drug-likeness (QED) is 0.375. The summed E-state index contributed by atoms with van der Waals surface area (Å²) in [5.74, 6) is 0. The molecule has 4 aromatic rings. The Morgan fingerprint density at radius 2 is 1.15 bits per heavy atom. The zero-order valence-corrected chi connectivity index (χ0v) is 15.7. The fraction of sp³-hybridized carbons (Fsp3) is 0. The molecule has 0 radical (unpaired) electrons. The van der Waals surface area contributed by atoms with E-state index in [4.69, 9.17) is 4.98 Å². The van der Waals surface area contributed by atoms with E-state index in [1.165, 1.54) is 10.6 Å². The Labute approximate surface area is 161 Å². The van der Waals surface area contributed by atoms with Crippen LogP contribution in [0.15, 0.2) is 114 Å². The van der Waals surface area contributed by atoms with Crippen LogP contribution >= 0.6 is 7.92 Å². The molecule has 0 bridgehead atoms. The monoisotopic (exact) mass is 366 g/mol. The third-order valence-electron chi connectivity index (χ3n) is 4.12. The number of hydrogen-bond donors (Lipinski definition) is 0. The summed E-state index contributed by atoms with van der Waals surface area (Å²) in [6.07, 6.45) is 1.84. The molecule has 0 aliphatic heterocycles. The van der Waals surface area contributed by atoms with E-state index in [2.05, 4.69) is 77.8 Å². The van der Waals surface area contributed by atoms with Crippen molar-refractivity contribution < 1.29 is 0 Å². The maximum absolute atomic E-state index is 4.92. The average Bonchev–Trinajstić information content (AvgIpc) is 2.75. The van der Waals surface area contributed by atoms with Crippen molar-refractivity contribution in [3.8, 4) is 0 Å². The minimum atomic E-state index is -0.700. The van der Waals surface area contributed by atoms with Gasteiger partial charge in [-0.1, -0.05) is 84.9 Å². The molecule has 27 heavy (non-hydrogen) atoms. The fourth-order valence-corrected chi connectivity index (χ4v) is 5.08. The minimum absolute atomic E-state index is 0.700. The first-order valence-electron chi connectivity index (χ1n) is 8.86. The van der Waals surface area contributed by atoms with Gasteiger partial charge in [-0.25, -0.2) is 4.98 Å². The van der Waals surface area contributed by atoms with Gasteiger partial charge in [0.1, 0.15) is 0 Å². The summed E-state index contributed by atoms with van der Waals surface area (Å²) in [4.78, 5) is 9.46. The van der Waals surface area contributed by atoms with Gasteiger partial charge in [-0.2, -0.15) is 0 Å². The SMILES string of the molecule is C(=Nc1ccccc1)c1cccc(P(c2ccccc2)c2ccccc2)n1. The summed E-state index contributed by atoms with van der Waals surface area (Å²) >= 11 is 0. The van der Waals surface area contributed by atoms with E-state index < -0.39 is 7.92 Å². The van der Waals surface area contributed by atoms with Crippen LogP contribution in [0.2, 0.25) is 0 Å². The molecule has 0 saturated heterocycles. The lowest BCUT2D eigenvalue weighted by atomic mass is 10.3. The molecule has 130 valence electrons. The Morgan fingerprint density at radius 3 is 1.74 bits per heavy atom. The van der Waals surface area contributed by atoms with Gasteiger partial charge in [-0.15, -0.1) is 0 Å². The van der Waals surface area contributed by atoms with Crippen molar-refractivity contribution in [1.29, 1.82) is 0 Å². The van der Waals surface area contributed by atoms with Crippen LogP contribution in [-0.2, 0) is 0 Å². The predicted molar refractivity (Wildman–Crippen MR) is 117 cm³/mol. The summed E-state index contributed by atoms with van der Waals surface area (Å²) in [6, 6.07) is 37.3. The molecule has 1 heterocycles. The fourth-order valence-electron chi connectivity index (χ4n) is 2.86. The lowest BCUT2D eigenvalue weighted by Crippen LogP contribution is -2.23. The van der Waals surface area contributed by atoms with Gasteiger partial charge in [0.2, 0.25) is 0 Å². The van der Waals surface area contributed by atoms with Crippen molar-refractivity contribution in [2.75, 3.05) is 0 Å². The van der Waals surface area contributed by atoms with Crippen LogP contribution in [0.3, 0.4) is 0 Å². The summed E-state index contributed by atoms with van der Waals surface area (Å²) in [5, 5.41) is 2.59. The Bertz CT molecular complexity index is 976. The number of aromatic nitrogens is 1. The smallest absolute Gasteiger partial charge is 0.0820 e. The van der Waals surface area contributed by atoms with Crippen molar-refractivity contribution in [1.82, 2.24) is 4.98 Å². The van der Waals surface area contributed by atoms with E-state index in [-0.39, 0.29) is 0 Å². The van der Waals surface area contributed by atoms with Crippen molar-refractivity contribution >= 4 is 35.9 Å². The van der Waals surface area contributed by atoms with E-state index in [1.807, 2.05) is 42.6 Å². The Hall–Kier alpha value is -3.09. The van der Waals surface area contributed by atoms with Crippen LogP contribution in [0, 0.1) is 0 Å². The van der Waals surface area contributed by atoms with Gasteiger partial charge in [0.05, 0.1) is 23.0 Å². The van der Waals surface area contributed by atoms with E-state index in [1.54, 1.807) is 0 Å². The molecule has 0 spiro atoms. The highest BCUT2D eigenvalue weighted by Gasteiger charge is 2.17. The molecule has 1 aromatic heterocycles. The second kappa shape index (κ2) is 8.53. The molecule has 0 amide bonds. The molecule has 0 atom stereocenters. The van der Waals surface area contributed by atoms with Crippen molar-refractivity contribution in [2.24, 2.45) is 4.99 Å². The van der Waals surface area contributed by atoms with Crippen molar-refractivity contribution in [2.45, 2.75) is 0 Å². The van der Waals surface area contributed by atoms with Crippen LogP contribution in [-0.4, -0.2) is 11.2 Å². The molecule has 0 aliphatic rings. The minimum Gasteiger partial charge on any atom is -0.255 e. The zero-order valence-electron chi connectivity index (χ0n) is 14.8. The molecule has 0 unspecified atom stereocenters. The molecule has 3 aromatic carbocycles. The molecule has 0 saturated carbocycles. The number of rotatable bonds is 5. The normalized spacial score (nSPS) is 11.1. The van der Waals surface area contributed by atoms with Gasteiger partial charge in [0, 0.05) is 7.92 Å². The number of aliphatic imine (C=N–C) groups is 1. The Morgan fingerprint density at radius 1 is 0.593 bits per heavy atom. The standard InChI is InChI=1S/C24H19N2P/c1-4-11-20(12-5-1)25-19-21-13-10-18-24(26-21)27(22-14-6-2-7-15-22)23-16-8-3-9-17-23/h1-19H. The molecule has 0 N–H and O–H groups in total. The number of para-hydroxylation sites is 1.